The first-order chi connectivity index (χ1) is 13.9. The Bertz CT molecular complexity index is 1150. The van der Waals surface area contributed by atoms with E-state index in [1.807, 2.05) is 0 Å². The second-order valence-electron chi connectivity index (χ2n) is 6.13. The van der Waals surface area contributed by atoms with Crippen molar-refractivity contribution in [3.63, 3.8) is 0 Å². The number of rotatable bonds is 4. The topological polar surface area (TPSA) is 78.9 Å². The Morgan fingerprint density at radius 1 is 1.07 bits per heavy atom. The van der Waals surface area contributed by atoms with Crippen LogP contribution in [0.15, 0.2) is 53.1 Å². The standard InChI is InChI=1S/C19H14F3N5O2/c1-11-16(18-23-17(25-29-18)12-6-8-15(28-2)9-7-12)24-26-27(11)14-5-3-4-13(10-14)19(20,21)22/h3-10H,1-2H3. The van der Waals surface area contributed by atoms with Gasteiger partial charge in [0.15, 0.2) is 5.69 Å². The number of aromatic nitrogens is 5. The Morgan fingerprint density at radius 2 is 1.83 bits per heavy atom. The summed E-state index contributed by atoms with van der Waals surface area (Å²) in [5.74, 6) is 1.15. The average molecular weight is 401 g/mol. The Morgan fingerprint density at radius 3 is 2.52 bits per heavy atom. The SMILES string of the molecule is COc1ccc(-c2noc(-c3nnn(-c4cccc(C(F)(F)F)c4)c3C)n2)cc1. The van der Waals surface area contributed by atoms with Gasteiger partial charge in [-0.1, -0.05) is 16.4 Å². The predicted octanol–water partition coefficient (Wildman–Crippen LogP) is 4.32. The lowest BCUT2D eigenvalue weighted by atomic mass is 10.2. The fourth-order valence-corrected chi connectivity index (χ4v) is 2.76. The summed E-state index contributed by atoms with van der Waals surface area (Å²) in [7, 11) is 1.57. The van der Waals surface area contributed by atoms with Crippen molar-refractivity contribution >= 4 is 0 Å². The smallest absolute Gasteiger partial charge is 0.416 e. The molecule has 29 heavy (non-hydrogen) atoms. The van der Waals surface area contributed by atoms with E-state index in [4.69, 9.17) is 9.26 Å². The molecule has 0 radical (unpaired) electrons. The number of benzene rings is 2. The van der Waals surface area contributed by atoms with Crippen molar-refractivity contribution in [3.05, 3.63) is 59.8 Å². The Hall–Kier alpha value is -3.69. The number of hydrogen-bond acceptors (Lipinski definition) is 6. The quantitative estimate of drug-likeness (QED) is 0.507. The van der Waals surface area contributed by atoms with Gasteiger partial charge in [-0.05, 0) is 49.4 Å². The Balaban J connectivity index is 1.67. The Kier molecular flexibility index (Phi) is 4.53. The normalized spacial score (nSPS) is 11.6. The molecule has 10 heteroatoms. The molecule has 0 aliphatic rings. The molecular weight excluding hydrogens is 387 g/mol. The third-order valence-corrected chi connectivity index (χ3v) is 4.29. The lowest BCUT2D eigenvalue weighted by Crippen LogP contribution is -2.07. The summed E-state index contributed by atoms with van der Waals surface area (Å²) in [6, 6.07) is 11.9. The van der Waals surface area contributed by atoms with E-state index in [1.165, 1.54) is 16.8 Å². The molecule has 4 rings (SSSR count). The minimum atomic E-state index is -4.45. The molecule has 0 unspecified atom stereocenters. The molecule has 0 saturated carbocycles. The first-order valence-electron chi connectivity index (χ1n) is 8.45. The van der Waals surface area contributed by atoms with Gasteiger partial charge in [0.2, 0.25) is 5.82 Å². The van der Waals surface area contributed by atoms with Gasteiger partial charge in [0, 0.05) is 5.56 Å². The highest BCUT2D eigenvalue weighted by atomic mass is 19.4. The van der Waals surface area contributed by atoms with Gasteiger partial charge >= 0.3 is 6.18 Å². The molecule has 0 aliphatic heterocycles. The van der Waals surface area contributed by atoms with Gasteiger partial charge in [-0.15, -0.1) is 5.10 Å². The number of halogens is 3. The minimum absolute atomic E-state index is 0.117. The van der Waals surface area contributed by atoms with E-state index < -0.39 is 11.7 Å². The van der Waals surface area contributed by atoms with Crippen molar-refractivity contribution in [1.29, 1.82) is 0 Å². The van der Waals surface area contributed by atoms with Crippen LogP contribution in [0.25, 0.3) is 28.7 Å². The summed E-state index contributed by atoms with van der Waals surface area (Å²) in [6.45, 7) is 1.66. The van der Waals surface area contributed by atoms with Crippen LogP contribution in [0.2, 0.25) is 0 Å². The largest absolute Gasteiger partial charge is 0.497 e. The molecule has 0 spiro atoms. The highest BCUT2D eigenvalue weighted by Gasteiger charge is 2.31. The summed E-state index contributed by atoms with van der Waals surface area (Å²) in [4.78, 5) is 4.32. The predicted molar refractivity (Wildman–Crippen MR) is 96.4 cm³/mol. The van der Waals surface area contributed by atoms with Crippen molar-refractivity contribution in [1.82, 2.24) is 25.1 Å². The van der Waals surface area contributed by atoms with Gasteiger partial charge in [-0.2, -0.15) is 18.2 Å². The lowest BCUT2D eigenvalue weighted by Gasteiger charge is -2.09. The van der Waals surface area contributed by atoms with Crippen LogP contribution in [0.5, 0.6) is 5.75 Å². The van der Waals surface area contributed by atoms with Gasteiger partial charge in [0.1, 0.15) is 5.75 Å². The fourth-order valence-electron chi connectivity index (χ4n) is 2.76. The van der Waals surface area contributed by atoms with Crippen LogP contribution < -0.4 is 4.74 Å². The second-order valence-corrected chi connectivity index (χ2v) is 6.13. The molecule has 0 N–H and O–H groups in total. The van der Waals surface area contributed by atoms with Crippen molar-refractivity contribution < 1.29 is 22.4 Å². The monoisotopic (exact) mass is 401 g/mol. The zero-order valence-electron chi connectivity index (χ0n) is 15.3. The minimum Gasteiger partial charge on any atom is -0.497 e. The number of alkyl halides is 3. The molecule has 148 valence electrons. The van der Waals surface area contributed by atoms with Crippen LogP contribution in [-0.4, -0.2) is 32.2 Å². The van der Waals surface area contributed by atoms with Crippen LogP contribution in [0, 0.1) is 6.92 Å². The van der Waals surface area contributed by atoms with E-state index in [-0.39, 0.29) is 17.3 Å². The van der Waals surface area contributed by atoms with E-state index in [1.54, 1.807) is 38.3 Å². The molecule has 0 bridgehead atoms. The third kappa shape index (κ3) is 3.56. The number of nitrogens with zero attached hydrogens (tertiary/aromatic N) is 5. The number of hydrogen-bond donors (Lipinski definition) is 0. The molecule has 4 aromatic rings. The van der Waals surface area contributed by atoms with Gasteiger partial charge in [-0.3, -0.25) is 0 Å². The van der Waals surface area contributed by atoms with Gasteiger partial charge in [0.05, 0.1) is 24.1 Å². The van der Waals surface area contributed by atoms with E-state index in [2.05, 4.69) is 20.5 Å². The summed E-state index contributed by atoms with van der Waals surface area (Å²) in [5.41, 5.74) is 0.921. The highest BCUT2D eigenvalue weighted by Crippen LogP contribution is 2.31. The van der Waals surface area contributed by atoms with E-state index in [9.17, 15) is 13.2 Å². The maximum atomic E-state index is 13.0. The molecule has 7 nitrogen and oxygen atoms in total. The molecule has 0 saturated heterocycles. The van der Waals surface area contributed by atoms with E-state index in [0.29, 0.717) is 22.8 Å². The van der Waals surface area contributed by atoms with E-state index in [0.717, 1.165) is 12.1 Å². The highest BCUT2D eigenvalue weighted by molar-refractivity contribution is 5.60. The lowest BCUT2D eigenvalue weighted by molar-refractivity contribution is -0.137. The third-order valence-electron chi connectivity index (χ3n) is 4.29. The summed E-state index contributed by atoms with van der Waals surface area (Å²) in [6.07, 6.45) is -4.45. The maximum Gasteiger partial charge on any atom is 0.416 e. The molecule has 0 fully saturated rings. The van der Waals surface area contributed by atoms with Crippen LogP contribution in [0.4, 0.5) is 13.2 Å². The molecule has 0 atom stereocenters. The Labute approximate surface area is 162 Å². The van der Waals surface area contributed by atoms with Gasteiger partial charge in [0.25, 0.3) is 5.89 Å². The van der Waals surface area contributed by atoms with Crippen molar-refractivity contribution in [3.8, 4) is 34.4 Å². The van der Waals surface area contributed by atoms with E-state index >= 15 is 0 Å². The van der Waals surface area contributed by atoms with Crippen LogP contribution in [-0.2, 0) is 6.18 Å². The first-order valence-corrected chi connectivity index (χ1v) is 8.45. The fraction of sp³-hybridized carbons (Fsp3) is 0.158. The summed E-state index contributed by atoms with van der Waals surface area (Å²) >= 11 is 0. The summed E-state index contributed by atoms with van der Waals surface area (Å²) in [5, 5.41) is 11.9. The number of ether oxygens (including phenoxy) is 1. The molecule has 0 amide bonds. The molecule has 0 aliphatic carbocycles. The summed E-state index contributed by atoms with van der Waals surface area (Å²) < 4.78 is 50.6. The number of methoxy groups -OCH3 is 1. The average Bonchev–Trinajstić information content (AvgIpc) is 3.34. The van der Waals surface area contributed by atoms with Gasteiger partial charge < -0.3 is 9.26 Å². The van der Waals surface area contributed by atoms with Crippen LogP contribution in [0.1, 0.15) is 11.3 Å². The van der Waals surface area contributed by atoms with Crippen molar-refractivity contribution in [2.75, 3.05) is 7.11 Å². The molecule has 2 heterocycles. The molecule has 2 aromatic heterocycles. The molecular formula is C19H14F3N5O2. The maximum absolute atomic E-state index is 13.0. The van der Waals surface area contributed by atoms with Crippen molar-refractivity contribution in [2.24, 2.45) is 0 Å². The molecule has 2 aromatic carbocycles. The zero-order chi connectivity index (χ0) is 20.6. The van der Waals surface area contributed by atoms with Crippen LogP contribution >= 0.6 is 0 Å². The zero-order valence-corrected chi connectivity index (χ0v) is 15.3. The second kappa shape index (κ2) is 7.04. The first kappa shape index (κ1) is 18.7. The van der Waals surface area contributed by atoms with Gasteiger partial charge in [-0.25, -0.2) is 4.68 Å². The van der Waals surface area contributed by atoms with Crippen LogP contribution in [0.3, 0.4) is 0 Å². The van der Waals surface area contributed by atoms with Crippen molar-refractivity contribution in [2.45, 2.75) is 13.1 Å².